The minimum atomic E-state index is -0.241. The second-order valence-electron chi connectivity index (χ2n) is 10.8. The molecule has 1 aliphatic heterocycles. The van der Waals surface area contributed by atoms with E-state index in [1.54, 1.807) is 12.1 Å². The second kappa shape index (κ2) is 12.1. The molecule has 5 aromatic rings. The van der Waals surface area contributed by atoms with Crippen LogP contribution in [0.2, 0.25) is 0 Å². The number of rotatable bonds is 7. The van der Waals surface area contributed by atoms with Gasteiger partial charge in [0.1, 0.15) is 11.3 Å². The Morgan fingerprint density at radius 3 is 1.90 bits per heavy atom. The number of hydrogen-bond donors (Lipinski definition) is 1. The standard InChI is InChI=1S/C32H36N8O/c1-40(32(26-12-14-29(41)15-13-26)39-31-11-3-2-10-30(31)35-36-39)22-20-37(24-27-8-4-6-16-33-27)18-19-38(21-23-40)25-28-9-5-7-17-34-28/h2-17,32,41H,1,18-25H2. The number of phenolic OH excluding ortho intramolecular Hbond substituents is 1. The van der Waals surface area contributed by atoms with Gasteiger partial charge in [-0.2, -0.15) is 4.68 Å². The molecular formula is C32H36N8O. The van der Waals surface area contributed by atoms with Gasteiger partial charge in [-0.15, -0.1) is 12.1 Å². The molecule has 1 unspecified atom stereocenters. The Bertz CT molecular complexity index is 1490. The summed E-state index contributed by atoms with van der Waals surface area (Å²) in [4.78, 5) is 14.2. The Morgan fingerprint density at radius 2 is 1.32 bits per heavy atom. The van der Waals surface area contributed by atoms with Gasteiger partial charge in [-0.25, -0.2) is 0 Å². The Kier molecular flexibility index (Phi) is 8.00. The van der Waals surface area contributed by atoms with Gasteiger partial charge >= 0.3 is 0 Å². The van der Waals surface area contributed by atoms with Crippen LogP contribution in [0.25, 0.3) is 11.0 Å². The predicted octanol–water partition coefficient (Wildman–Crippen LogP) is 4.10. The summed E-state index contributed by atoms with van der Waals surface area (Å²) in [5, 5.41) is 19.3. The van der Waals surface area contributed by atoms with Crippen LogP contribution in [0.15, 0.2) is 97.3 Å². The first-order chi connectivity index (χ1) is 20.1. The molecule has 0 amide bonds. The number of fused-ring (bicyclic) bond motifs is 1. The van der Waals surface area contributed by atoms with Crippen molar-refractivity contribution < 1.29 is 9.59 Å². The van der Waals surface area contributed by atoms with Gasteiger partial charge in [0, 0.05) is 57.2 Å². The highest BCUT2D eigenvalue weighted by Crippen LogP contribution is 2.33. The van der Waals surface area contributed by atoms with E-state index in [-0.39, 0.29) is 11.9 Å². The van der Waals surface area contributed by atoms with E-state index in [1.165, 1.54) is 0 Å². The Labute approximate surface area is 240 Å². The van der Waals surface area contributed by atoms with Crippen molar-refractivity contribution in [1.82, 2.24) is 34.8 Å². The zero-order valence-electron chi connectivity index (χ0n) is 23.2. The van der Waals surface area contributed by atoms with Crippen LogP contribution in [-0.2, 0) is 13.1 Å². The summed E-state index contributed by atoms with van der Waals surface area (Å²) < 4.78 is 2.48. The molecule has 0 aliphatic carbocycles. The van der Waals surface area contributed by atoms with Gasteiger partial charge in [0.25, 0.3) is 0 Å². The highest BCUT2D eigenvalue weighted by atomic mass is 16.3. The van der Waals surface area contributed by atoms with E-state index in [0.29, 0.717) is 4.48 Å². The molecule has 9 nitrogen and oxygen atoms in total. The number of benzene rings is 2. The van der Waals surface area contributed by atoms with E-state index in [4.69, 9.17) is 7.05 Å². The van der Waals surface area contributed by atoms with E-state index in [2.05, 4.69) is 48.3 Å². The highest BCUT2D eigenvalue weighted by molar-refractivity contribution is 5.74. The number of phenols is 1. The van der Waals surface area contributed by atoms with Crippen LogP contribution in [-0.4, -0.2) is 83.6 Å². The molecule has 6 rings (SSSR count). The fourth-order valence-electron chi connectivity index (χ4n) is 5.71. The molecule has 1 aliphatic rings. The van der Waals surface area contributed by atoms with Crippen molar-refractivity contribution in [2.24, 2.45) is 0 Å². The summed E-state index contributed by atoms with van der Waals surface area (Å²) in [6.45, 7) is 6.66. The van der Waals surface area contributed by atoms with E-state index < -0.39 is 0 Å². The molecule has 2 aromatic carbocycles. The van der Waals surface area contributed by atoms with Gasteiger partial charge in [0.2, 0.25) is 0 Å². The Morgan fingerprint density at radius 1 is 0.732 bits per heavy atom. The molecule has 41 heavy (non-hydrogen) atoms. The molecule has 0 spiro atoms. The van der Waals surface area contributed by atoms with Gasteiger partial charge in [0.05, 0.1) is 30.0 Å². The quantitative estimate of drug-likeness (QED) is 0.242. The first kappa shape index (κ1) is 27.0. The van der Waals surface area contributed by atoms with Gasteiger partial charge in [-0.1, -0.05) is 29.5 Å². The van der Waals surface area contributed by atoms with E-state index in [0.717, 1.165) is 80.3 Å². The number of quaternary nitrogens is 1. The van der Waals surface area contributed by atoms with Gasteiger partial charge in [-0.05, 0) is 60.7 Å². The van der Waals surface area contributed by atoms with E-state index in [1.807, 2.05) is 71.7 Å². The fraction of sp³-hybridized carbons (Fsp3) is 0.281. The van der Waals surface area contributed by atoms with Crippen LogP contribution < -0.4 is 0 Å². The Hall–Kier alpha value is -4.18. The van der Waals surface area contributed by atoms with Gasteiger partial charge < -0.3 is 9.59 Å². The molecule has 0 saturated carbocycles. The minimum Gasteiger partial charge on any atom is -0.508 e. The third kappa shape index (κ3) is 6.27. The Balaban J connectivity index is 1.38. The van der Waals surface area contributed by atoms with Crippen molar-refractivity contribution in [2.45, 2.75) is 19.3 Å². The maximum Gasteiger partial charge on any atom is 0.189 e. The molecule has 1 fully saturated rings. The summed E-state index contributed by atoms with van der Waals surface area (Å²) in [7, 11) is 4.92. The second-order valence-corrected chi connectivity index (χ2v) is 10.8. The molecule has 3 aromatic heterocycles. The summed E-state index contributed by atoms with van der Waals surface area (Å²) in [5.74, 6) is 0.235. The molecule has 0 bridgehead atoms. The van der Waals surface area contributed by atoms with Crippen LogP contribution in [0.5, 0.6) is 5.75 Å². The topological polar surface area (TPSA) is 83.2 Å². The van der Waals surface area contributed by atoms with Crippen molar-refractivity contribution in [3.63, 3.8) is 0 Å². The summed E-state index contributed by atoms with van der Waals surface area (Å²) in [6.07, 6.45) is 3.48. The SMILES string of the molecule is [CH2-][N+]1(C(c2ccc(O)cc2)n2nnc3ccccc32)CCN(Cc2ccccn2)CCN(Cc2ccccn2)CC1. The third-order valence-corrected chi connectivity index (χ3v) is 8.00. The van der Waals surface area contributed by atoms with Crippen molar-refractivity contribution in [1.29, 1.82) is 0 Å². The monoisotopic (exact) mass is 548 g/mol. The average molecular weight is 549 g/mol. The highest BCUT2D eigenvalue weighted by Gasteiger charge is 2.34. The molecule has 210 valence electrons. The van der Waals surface area contributed by atoms with Crippen LogP contribution in [0.1, 0.15) is 23.1 Å². The molecule has 9 heteroatoms. The lowest BCUT2D eigenvalue weighted by atomic mass is 10.1. The lowest BCUT2D eigenvalue weighted by Crippen LogP contribution is -2.53. The van der Waals surface area contributed by atoms with Crippen LogP contribution >= 0.6 is 0 Å². The largest absolute Gasteiger partial charge is 0.508 e. The lowest BCUT2D eigenvalue weighted by Gasteiger charge is -2.49. The molecule has 0 radical (unpaired) electrons. The van der Waals surface area contributed by atoms with Gasteiger partial charge in [-0.3, -0.25) is 19.8 Å². The number of nitrogens with zero attached hydrogens (tertiary/aromatic N) is 8. The third-order valence-electron chi connectivity index (χ3n) is 8.00. The first-order valence-electron chi connectivity index (χ1n) is 14.1. The maximum atomic E-state index is 10.1. The van der Waals surface area contributed by atoms with Crippen molar-refractivity contribution in [2.75, 3.05) is 39.3 Å². The van der Waals surface area contributed by atoms with Gasteiger partial charge in [0.15, 0.2) is 6.17 Å². The number of aromatic nitrogens is 5. The van der Waals surface area contributed by atoms with Crippen molar-refractivity contribution in [3.8, 4) is 5.75 Å². The number of para-hydroxylation sites is 1. The van der Waals surface area contributed by atoms with E-state index >= 15 is 0 Å². The lowest BCUT2D eigenvalue weighted by molar-refractivity contribution is -0.919. The van der Waals surface area contributed by atoms with E-state index in [9.17, 15) is 5.11 Å². The molecule has 1 saturated heterocycles. The normalized spacial score (nSPS) is 17.5. The van der Waals surface area contributed by atoms with Crippen molar-refractivity contribution in [3.05, 3.63) is 121 Å². The van der Waals surface area contributed by atoms with Crippen LogP contribution in [0.4, 0.5) is 0 Å². The first-order valence-corrected chi connectivity index (χ1v) is 14.1. The van der Waals surface area contributed by atoms with Crippen LogP contribution in [0.3, 0.4) is 0 Å². The smallest absolute Gasteiger partial charge is 0.189 e. The summed E-state index contributed by atoms with van der Waals surface area (Å²) >= 11 is 0. The minimum absolute atomic E-state index is 0.235. The summed E-state index contributed by atoms with van der Waals surface area (Å²) in [6, 6.07) is 27.7. The van der Waals surface area contributed by atoms with Crippen LogP contribution in [0, 0.1) is 7.05 Å². The molecular weight excluding hydrogens is 512 g/mol. The summed E-state index contributed by atoms with van der Waals surface area (Å²) in [5.41, 5.74) is 4.95. The number of hydrogen-bond acceptors (Lipinski definition) is 7. The zero-order valence-corrected chi connectivity index (χ0v) is 23.2. The number of aromatic hydroxyl groups is 1. The maximum absolute atomic E-state index is 10.1. The average Bonchev–Trinajstić information content (AvgIpc) is 3.45. The molecule has 4 heterocycles. The van der Waals surface area contributed by atoms with Crippen molar-refractivity contribution >= 4 is 11.0 Å². The predicted molar refractivity (Wildman–Crippen MR) is 158 cm³/mol. The number of pyridine rings is 2. The molecule has 1 N–H and O–H groups in total. The fourth-order valence-corrected chi connectivity index (χ4v) is 5.71. The zero-order chi connectivity index (χ0) is 28.1. The molecule has 1 atom stereocenters.